The fourth-order valence-corrected chi connectivity index (χ4v) is 2.13. The van der Waals surface area contributed by atoms with Crippen molar-refractivity contribution in [3.8, 4) is 0 Å². The molecule has 1 aliphatic heterocycles. The molecule has 1 aromatic rings. The summed E-state index contributed by atoms with van der Waals surface area (Å²) >= 11 is 0. The Hall–Kier alpha value is -1.00. The van der Waals surface area contributed by atoms with Gasteiger partial charge in [0.15, 0.2) is 0 Å². The predicted molar refractivity (Wildman–Crippen MR) is 66.6 cm³/mol. The minimum absolute atomic E-state index is 0.0851. The third kappa shape index (κ3) is 4.03. The molecule has 0 aromatic heterocycles. The van der Waals surface area contributed by atoms with Crippen LogP contribution in [0.4, 0.5) is 8.78 Å². The molecule has 2 nitrogen and oxygen atoms in total. The highest BCUT2D eigenvalue weighted by molar-refractivity contribution is 5.23. The highest BCUT2D eigenvalue weighted by atomic mass is 19.3. The van der Waals surface area contributed by atoms with Crippen molar-refractivity contribution < 1.29 is 13.5 Å². The number of alkyl halides is 2. The van der Waals surface area contributed by atoms with E-state index in [0.29, 0.717) is 5.92 Å². The average Bonchev–Trinajstić information content (AvgIpc) is 2.88. The quantitative estimate of drug-likeness (QED) is 0.788. The molecule has 0 aliphatic carbocycles. The molecule has 0 amide bonds. The van der Waals surface area contributed by atoms with Gasteiger partial charge in [-0.1, -0.05) is 24.3 Å². The predicted octanol–water partition coefficient (Wildman–Crippen LogP) is 3.14. The Morgan fingerprint density at radius 3 is 2.67 bits per heavy atom. The van der Waals surface area contributed by atoms with Gasteiger partial charge in [-0.25, -0.2) is 8.78 Å². The molecule has 1 saturated heterocycles. The van der Waals surface area contributed by atoms with Gasteiger partial charge in [0.25, 0.3) is 6.43 Å². The van der Waals surface area contributed by atoms with E-state index < -0.39 is 6.43 Å². The van der Waals surface area contributed by atoms with Crippen molar-refractivity contribution in [3.63, 3.8) is 0 Å². The van der Waals surface area contributed by atoms with Gasteiger partial charge in [-0.15, -0.1) is 0 Å². The summed E-state index contributed by atoms with van der Waals surface area (Å²) in [5.74, 6) is 0.679. The zero-order valence-corrected chi connectivity index (χ0v) is 10.4. The van der Waals surface area contributed by atoms with Gasteiger partial charge >= 0.3 is 0 Å². The molecule has 0 radical (unpaired) electrons. The summed E-state index contributed by atoms with van der Waals surface area (Å²) in [6.07, 6.45) is -0.103. The molecule has 0 saturated carbocycles. The topological polar surface area (TPSA) is 21.3 Å². The van der Waals surface area contributed by atoms with Crippen LogP contribution in [0.25, 0.3) is 0 Å². The summed E-state index contributed by atoms with van der Waals surface area (Å²) in [6, 6.07) is 6.50. The molecule has 1 heterocycles. The van der Waals surface area contributed by atoms with E-state index in [2.05, 4.69) is 5.32 Å². The molecule has 1 atom stereocenters. The Kier molecular flexibility index (Phi) is 5.08. The first-order valence-electron chi connectivity index (χ1n) is 6.41. The average molecular weight is 255 g/mol. The minimum Gasteiger partial charge on any atom is -0.381 e. The van der Waals surface area contributed by atoms with E-state index in [-0.39, 0.29) is 5.56 Å². The summed E-state index contributed by atoms with van der Waals surface area (Å²) < 4.78 is 30.0. The van der Waals surface area contributed by atoms with Crippen LogP contribution in [0, 0.1) is 5.92 Å². The third-order valence-electron chi connectivity index (χ3n) is 3.31. The van der Waals surface area contributed by atoms with Crippen molar-refractivity contribution in [2.45, 2.75) is 25.8 Å². The molecule has 1 aliphatic rings. The first-order chi connectivity index (χ1) is 8.75. The maximum absolute atomic E-state index is 12.4. The van der Waals surface area contributed by atoms with Gasteiger partial charge in [-0.3, -0.25) is 0 Å². The van der Waals surface area contributed by atoms with E-state index in [0.717, 1.165) is 44.7 Å². The molecular weight excluding hydrogens is 236 g/mol. The van der Waals surface area contributed by atoms with Crippen LogP contribution in [-0.2, 0) is 11.3 Å². The van der Waals surface area contributed by atoms with Gasteiger partial charge in [-0.05, 0) is 30.9 Å². The standard InChI is InChI=1S/C14H19F2NO/c15-14(16)13-3-1-11(2-4-13)9-17-7-5-12-6-8-18-10-12/h1-4,12,14,17H,5-10H2. The van der Waals surface area contributed by atoms with Gasteiger partial charge in [0.1, 0.15) is 0 Å². The Balaban J connectivity index is 1.66. The van der Waals surface area contributed by atoms with Gasteiger partial charge in [-0.2, -0.15) is 0 Å². The lowest BCUT2D eigenvalue weighted by Crippen LogP contribution is -2.18. The van der Waals surface area contributed by atoms with E-state index >= 15 is 0 Å². The molecule has 100 valence electrons. The van der Waals surface area contributed by atoms with Crippen molar-refractivity contribution in [2.24, 2.45) is 5.92 Å². The first-order valence-corrected chi connectivity index (χ1v) is 6.41. The lowest BCUT2D eigenvalue weighted by atomic mass is 10.1. The third-order valence-corrected chi connectivity index (χ3v) is 3.31. The van der Waals surface area contributed by atoms with Crippen LogP contribution in [0.3, 0.4) is 0 Å². The van der Waals surface area contributed by atoms with Crippen LogP contribution >= 0.6 is 0 Å². The fourth-order valence-electron chi connectivity index (χ4n) is 2.13. The lowest BCUT2D eigenvalue weighted by molar-refractivity contribution is 0.151. The largest absolute Gasteiger partial charge is 0.381 e. The summed E-state index contributed by atoms with van der Waals surface area (Å²) in [6.45, 7) is 3.45. The zero-order valence-electron chi connectivity index (χ0n) is 10.4. The highest BCUT2D eigenvalue weighted by Gasteiger charge is 2.14. The minimum atomic E-state index is -2.38. The van der Waals surface area contributed by atoms with Gasteiger partial charge in [0.05, 0.1) is 0 Å². The Bertz CT molecular complexity index is 347. The second kappa shape index (κ2) is 6.81. The molecule has 18 heavy (non-hydrogen) atoms. The van der Waals surface area contributed by atoms with Crippen LogP contribution in [0.1, 0.15) is 30.4 Å². The summed E-state index contributed by atoms with van der Waals surface area (Å²) in [5.41, 5.74) is 1.13. The molecule has 1 fully saturated rings. The normalized spacial score (nSPS) is 19.6. The summed E-state index contributed by atoms with van der Waals surface area (Å²) in [7, 11) is 0. The second-order valence-corrected chi connectivity index (χ2v) is 4.74. The molecule has 4 heteroatoms. The maximum atomic E-state index is 12.4. The van der Waals surface area contributed by atoms with Crippen molar-refractivity contribution in [1.29, 1.82) is 0 Å². The number of ether oxygens (including phenoxy) is 1. The first kappa shape index (κ1) is 13.4. The molecule has 2 rings (SSSR count). The number of halogens is 2. The summed E-state index contributed by atoms with van der Waals surface area (Å²) in [5, 5.41) is 3.33. The number of rotatable bonds is 6. The van der Waals surface area contributed by atoms with Gasteiger partial charge in [0, 0.05) is 25.3 Å². The van der Waals surface area contributed by atoms with E-state index in [1.807, 2.05) is 0 Å². The fraction of sp³-hybridized carbons (Fsp3) is 0.571. The van der Waals surface area contributed by atoms with Crippen LogP contribution in [0.15, 0.2) is 24.3 Å². The number of nitrogens with one attached hydrogen (secondary N) is 1. The Morgan fingerprint density at radius 1 is 1.28 bits per heavy atom. The maximum Gasteiger partial charge on any atom is 0.263 e. The monoisotopic (exact) mass is 255 g/mol. The number of hydrogen-bond donors (Lipinski definition) is 1. The van der Waals surface area contributed by atoms with E-state index in [9.17, 15) is 8.78 Å². The van der Waals surface area contributed by atoms with Crippen molar-refractivity contribution in [2.75, 3.05) is 19.8 Å². The van der Waals surface area contributed by atoms with Crippen LogP contribution in [-0.4, -0.2) is 19.8 Å². The highest BCUT2D eigenvalue weighted by Crippen LogP contribution is 2.18. The lowest BCUT2D eigenvalue weighted by Gasteiger charge is -2.09. The van der Waals surface area contributed by atoms with Crippen molar-refractivity contribution >= 4 is 0 Å². The van der Waals surface area contributed by atoms with E-state index in [4.69, 9.17) is 4.74 Å². The van der Waals surface area contributed by atoms with E-state index in [1.165, 1.54) is 12.1 Å². The number of hydrogen-bond acceptors (Lipinski definition) is 2. The zero-order chi connectivity index (χ0) is 12.8. The Labute approximate surface area is 106 Å². The smallest absolute Gasteiger partial charge is 0.263 e. The molecular formula is C14H19F2NO. The second-order valence-electron chi connectivity index (χ2n) is 4.74. The van der Waals surface area contributed by atoms with Crippen molar-refractivity contribution in [3.05, 3.63) is 35.4 Å². The van der Waals surface area contributed by atoms with Gasteiger partial charge < -0.3 is 10.1 Å². The van der Waals surface area contributed by atoms with Crippen LogP contribution in [0.2, 0.25) is 0 Å². The SMILES string of the molecule is FC(F)c1ccc(CNCCC2CCOC2)cc1. The van der Waals surface area contributed by atoms with Crippen LogP contribution < -0.4 is 5.32 Å². The van der Waals surface area contributed by atoms with Gasteiger partial charge in [0.2, 0.25) is 0 Å². The summed E-state index contributed by atoms with van der Waals surface area (Å²) in [4.78, 5) is 0. The molecule has 1 N–H and O–H groups in total. The molecule has 0 bridgehead atoms. The van der Waals surface area contributed by atoms with Crippen molar-refractivity contribution in [1.82, 2.24) is 5.32 Å². The molecule has 0 spiro atoms. The molecule has 1 aromatic carbocycles. The number of benzene rings is 1. The van der Waals surface area contributed by atoms with Crippen LogP contribution in [0.5, 0.6) is 0 Å². The molecule has 1 unspecified atom stereocenters. The van der Waals surface area contributed by atoms with E-state index in [1.54, 1.807) is 12.1 Å². The Morgan fingerprint density at radius 2 is 2.06 bits per heavy atom.